The van der Waals surface area contributed by atoms with Gasteiger partial charge in [0.2, 0.25) is 0 Å². The number of piperidine rings is 1. The molecule has 1 unspecified atom stereocenters. The summed E-state index contributed by atoms with van der Waals surface area (Å²) in [5.74, 6) is 2.08. The van der Waals surface area contributed by atoms with E-state index in [-0.39, 0.29) is 6.04 Å². The van der Waals surface area contributed by atoms with Crippen LogP contribution in [-0.2, 0) is 6.42 Å². The van der Waals surface area contributed by atoms with E-state index < -0.39 is 0 Å². The summed E-state index contributed by atoms with van der Waals surface area (Å²) in [6, 6.07) is 5.36. The van der Waals surface area contributed by atoms with Gasteiger partial charge in [-0.05, 0) is 56.6 Å². The van der Waals surface area contributed by atoms with Crippen LogP contribution in [0.4, 0.5) is 5.82 Å². The predicted octanol–water partition coefficient (Wildman–Crippen LogP) is 3.13. The van der Waals surface area contributed by atoms with E-state index in [1.54, 1.807) is 0 Å². The lowest BCUT2D eigenvalue weighted by Crippen LogP contribution is -2.47. The van der Waals surface area contributed by atoms with E-state index in [1.807, 2.05) is 13.1 Å². The Morgan fingerprint density at radius 1 is 1.25 bits per heavy atom. The van der Waals surface area contributed by atoms with Crippen LogP contribution in [0, 0.1) is 5.92 Å². The standard InChI is InChI=1S/C17H27N3/c1-13(18)11-14-8-9-17(19-12-14)20-10-4-6-15-5-2-3-7-16(15)20/h8-9,12-13,15-16H,2-7,10-11,18H2,1H3/t13?,15-,16-/m1/s1. The third-order valence-electron chi connectivity index (χ3n) is 4.90. The second-order valence-electron chi connectivity index (χ2n) is 6.65. The minimum Gasteiger partial charge on any atom is -0.353 e. The normalized spacial score (nSPS) is 28.0. The zero-order valence-corrected chi connectivity index (χ0v) is 12.6. The Labute approximate surface area is 122 Å². The zero-order valence-electron chi connectivity index (χ0n) is 12.6. The van der Waals surface area contributed by atoms with E-state index in [9.17, 15) is 0 Å². The van der Waals surface area contributed by atoms with Crippen molar-refractivity contribution >= 4 is 5.82 Å². The molecule has 20 heavy (non-hydrogen) atoms. The number of pyridine rings is 1. The van der Waals surface area contributed by atoms with Crippen molar-refractivity contribution in [3.05, 3.63) is 23.9 Å². The van der Waals surface area contributed by atoms with Crippen molar-refractivity contribution in [2.75, 3.05) is 11.4 Å². The maximum absolute atomic E-state index is 5.85. The minimum absolute atomic E-state index is 0.209. The van der Waals surface area contributed by atoms with Gasteiger partial charge in [-0.25, -0.2) is 4.98 Å². The summed E-state index contributed by atoms with van der Waals surface area (Å²) in [6.45, 7) is 3.23. The molecule has 2 N–H and O–H groups in total. The summed E-state index contributed by atoms with van der Waals surface area (Å²) in [5, 5.41) is 0. The largest absolute Gasteiger partial charge is 0.353 e. The lowest BCUT2D eigenvalue weighted by Gasteiger charge is -2.44. The molecule has 0 spiro atoms. The summed E-state index contributed by atoms with van der Waals surface area (Å²) < 4.78 is 0. The molecule has 0 amide bonds. The van der Waals surface area contributed by atoms with E-state index >= 15 is 0 Å². The molecule has 0 bridgehead atoms. The Morgan fingerprint density at radius 2 is 2.05 bits per heavy atom. The summed E-state index contributed by atoms with van der Waals surface area (Å²) in [4.78, 5) is 7.29. The molecule has 1 aromatic rings. The Bertz CT molecular complexity index is 424. The van der Waals surface area contributed by atoms with Gasteiger partial charge >= 0.3 is 0 Å². The first kappa shape index (κ1) is 13.9. The van der Waals surface area contributed by atoms with Crippen molar-refractivity contribution in [2.45, 2.75) is 64.0 Å². The third-order valence-corrected chi connectivity index (χ3v) is 4.90. The van der Waals surface area contributed by atoms with E-state index in [4.69, 9.17) is 10.7 Å². The fraction of sp³-hybridized carbons (Fsp3) is 0.706. The van der Waals surface area contributed by atoms with Gasteiger partial charge in [0.15, 0.2) is 0 Å². The molecule has 2 aliphatic rings. The van der Waals surface area contributed by atoms with Crippen molar-refractivity contribution in [3.63, 3.8) is 0 Å². The molecule has 3 nitrogen and oxygen atoms in total. The topological polar surface area (TPSA) is 42.1 Å². The number of anilines is 1. The van der Waals surface area contributed by atoms with Crippen LogP contribution in [-0.4, -0.2) is 23.6 Å². The van der Waals surface area contributed by atoms with E-state index in [1.165, 1.54) is 56.5 Å². The highest BCUT2D eigenvalue weighted by molar-refractivity contribution is 5.41. The molecule has 2 fully saturated rings. The van der Waals surface area contributed by atoms with Crippen LogP contribution in [0.15, 0.2) is 18.3 Å². The fourth-order valence-electron chi connectivity index (χ4n) is 3.99. The van der Waals surface area contributed by atoms with Gasteiger partial charge in [0.25, 0.3) is 0 Å². The summed E-state index contributed by atoms with van der Waals surface area (Å²) in [6.07, 6.45) is 11.3. The molecule has 1 saturated carbocycles. The molecule has 1 aliphatic carbocycles. The van der Waals surface area contributed by atoms with E-state index in [0.29, 0.717) is 0 Å². The van der Waals surface area contributed by atoms with Gasteiger partial charge in [-0.2, -0.15) is 0 Å². The highest BCUT2D eigenvalue weighted by Gasteiger charge is 2.33. The average Bonchev–Trinajstić information content (AvgIpc) is 2.47. The average molecular weight is 273 g/mol. The van der Waals surface area contributed by atoms with Gasteiger partial charge in [-0.15, -0.1) is 0 Å². The van der Waals surface area contributed by atoms with Crippen LogP contribution >= 0.6 is 0 Å². The SMILES string of the molecule is CC(N)Cc1ccc(N2CCC[C@H]3CCCC[C@H]32)nc1. The first-order chi connectivity index (χ1) is 9.74. The number of hydrogen-bond donors (Lipinski definition) is 1. The molecule has 0 radical (unpaired) electrons. The van der Waals surface area contributed by atoms with Crippen molar-refractivity contribution < 1.29 is 0 Å². The van der Waals surface area contributed by atoms with Gasteiger partial charge < -0.3 is 10.6 Å². The Hall–Kier alpha value is -1.09. The van der Waals surface area contributed by atoms with Crippen LogP contribution < -0.4 is 10.6 Å². The highest BCUT2D eigenvalue weighted by atomic mass is 15.2. The predicted molar refractivity (Wildman–Crippen MR) is 83.9 cm³/mol. The quantitative estimate of drug-likeness (QED) is 0.920. The van der Waals surface area contributed by atoms with Crippen LogP contribution in [0.3, 0.4) is 0 Å². The first-order valence-corrected chi connectivity index (χ1v) is 8.21. The fourth-order valence-corrected chi connectivity index (χ4v) is 3.99. The zero-order chi connectivity index (χ0) is 13.9. The molecular formula is C17H27N3. The highest BCUT2D eigenvalue weighted by Crippen LogP contribution is 2.37. The summed E-state index contributed by atoms with van der Waals surface area (Å²) in [7, 11) is 0. The number of nitrogens with two attached hydrogens (primary N) is 1. The summed E-state index contributed by atoms with van der Waals surface area (Å²) >= 11 is 0. The molecule has 0 aromatic carbocycles. The molecule has 3 heteroatoms. The lowest BCUT2D eigenvalue weighted by atomic mass is 9.78. The molecule has 2 heterocycles. The lowest BCUT2D eigenvalue weighted by molar-refractivity contribution is 0.243. The molecular weight excluding hydrogens is 246 g/mol. The van der Waals surface area contributed by atoms with Crippen molar-refractivity contribution in [2.24, 2.45) is 11.7 Å². The van der Waals surface area contributed by atoms with E-state index in [2.05, 4.69) is 17.0 Å². The summed E-state index contributed by atoms with van der Waals surface area (Å²) in [5.41, 5.74) is 7.11. The third kappa shape index (κ3) is 2.98. The second kappa shape index (κ2) is 6.13. The van der Waals surface area contributed by atoms with Gasteiger partial charge in [-0.3, -0.25) is 0 Å². The Kier molecular flexibility index (Phi) is 4.25. The molecule has 1 aromatic heterocycles. The second-order valence-corrected chi connectivity index (χ2v) is 6.65. The maximum atomic E-state index is 5.85. The Balaban J connectivity index is 1.73. The Morgan fingerprint density at radius 3 is 2.80 bits per heavy atom. The molecule has 3 rings (SSSR count). The van der Waals surface area contributed by atoms with E-state index in [0.717, 1.165) is 18.4 Å². The van der Waals surface area contributed by atoms with Gasteiger partial charge in [0.1, 0.15) is 5.82 Å². The molecule has 110 valence electrons. The number of fused-ring (bicyclic) bond motifs is 1. The van der Waals surface area contributed by atoms with Gasteiger partial charge in [0.05, 0.1) is 0 Å². The molecule has 3 atom stereocenters. The molecule has 1 saturated heterocycles. The van der Waals surface area contributed by atoms with Crippen LogP contribution in [0.2, 0.25) is 0 Å². The van der Waals surface area contributed by atoms with Crippen LogP contribution in [0.5, 0.6) is 0 Å². The van der Waals surface area contributed by atoms with Crippen LogP contribution in [0.1, 0.15) is 51.0 Å². The van der Waals surface area contributed by atoms with Crippen molar-refractivity contribution in [1.82, 2.24) is 4.98 Å². The van der Waals surface area contributed by atoms with Crippen molar-refractivity contribution in [1.29, 1.82) is 0 Å². The number of nitrogens with zero attached hydrogens (tertiary/aromatic N) is 2. The smallest absolute Gasteiger partial charge is 0.128 e. The maximum Gasteiger partial charge on any atom is 0.128 e. The van der Waals surface area contributed by atoms with Crippen molar-refractivity contribution in [3.8, 4) is 0 Å². The monoisotopic (exact) mass is 273 g/mol. The number of rotatable bonds is 3. The first-order valence-electron chi connectivity index (χ1n) is 8.21. The van der Waals surface area contributed by atoms with Crippen LogP contribution in [0.25, 0.3) is 0 Å². The van der Waals surface area contributed by atoms with Gasteiger partial charge in [-0.1, -0.05) is 18.9 Å². The number of hydrogen-bond acceptors (Lipinski definition) is 3. The van der Waals surface area contributed by atoms with Gasteiger partial charge in [0, 0.05) is 24.8 Å². The minimum atomic E-state index is 0.209. The molecule has 1 aliphatic heterocycles. The number of aromatic nitrogens is 1.